The van der Waals surface area contributed by atoms with Gasteiger partial charge in [-0.15, -0.1) is 0 Å². The Morgan fingerprint density at radius 1 is 1.57 bits per heavy atom. The van der Waals surface area contributed by atoms with Gasteiger partial charge in [0.05, 0.1) is 0 Å². The summed E-state index contributed by atoms with van der Waals surface area (Å²) in [6.45, 7) is 4.82. The summed E-state index contributed by atoms with van der Waals surface area (Å²) in [5.41, 5.74) is 0. The van der Waals surface area contributed by atoms with Gasteiger partial charge in [-0.25, -0.2) is 0 Å². The van der Waals surface area contributed by atoms with Crippen LogP contribution in [0.25, 0.3) is 0 Å². The van der Waals surface area contributed by atoms with Gasteiger partial charge in [0.15, 0.2) is 5.82 Å². The molecular formula is C13H19N5O3. The maximum Gasteiger partial charge on any atom is 0.247 e. The molecule has 2 aromatic heterocycles. The number of rotatable bonds is 7. The molecule has 0 saturated carbocycles. The van der Waals surface area contributed by atoms with Gasteiger partial charge in [0, 0.05) is 26.0 Å². The van der Waals surface area contributed by atoms with Crippen molar-refractivity contribution in [1.29, 1.82) is 0 Å². The average molecular weight is 293 g/mol. The first-order valence-corrected chi connectivity index (χ1v) is 6.74. The third kappa shape index (κ3) is 3.66. The minimum absolute atomic E-state index is 0.0484. The molecule has 8 heteroatoms. The zero-order valence-corrected chi connectivity index (χ0v) is 12.4. The third-order valence-electron chi connectivity index (χ3n) is 3.08. The van der Waals surface area contributed by atoms with Crippen molar-refractivity contribution in [3.8, 4) is 0 Å². The van der Waals surface area contributed by atoms with Crippen molar-refractivity contribution in [1.82, 2.24) is 24.8 Å². The standard InChI is InChI=1S/C13H19N5O3/c1-4-17(8-12-15-11(9-20-3)16-21-12)13(19)10(2)18-7-5-6-14-18/h5-7,10H,4,8-9H2,1-3H3/t10-/m0/s1. The first-order valence-electron chi connectivity index (χ1n) is 6.74. The summed E-state index contributed by atoms with van der Waals surface area (Å²) < 4.78 is 11.7. The molecule has 1 amide bonds. The Kier molecular flexibility index (Phi) is 5.04. The van der Waals surface area contributed by atoms with Crippen molar-refractivity contribution in [2.24, 2.45) is 0 Å². The second-order valence-electron chi connectivity index (χ2n) is 4.55. The van der Waals surface area contributed by atoms with Crippen LogP contribution in [0, 0.1) is 0 Å². The fraction of sp³-hybridized carbons (Fsp3) is 0.538. The van der Waals surface area contributed by atoms with E-state index in [1.54, 1.807) is 35.2 Å². The van der Waals surface area contributed by atoms with Crippen LogP contribution in [0.4, 0.5) is 0 Å². The van der Waals surface area contributed by atoms with E-state index in [9.17, 15) is 4.79 Å². The average Bonchev–Trinajstić information content (AvgIpc) is 3.15. The molecule has 0 N–H and O–H groups in total. The highest BCUT2D eigenvalue weighted by Crippen LogP contribution is 2.11. The number of ether oxygens (including phenoxy) is 1. The predicted octanol–water partition coefficient (Wildman–Crippen LogP) is 1.02. The zero-order valence-electron chi connectivity index (χ0n) is 12.4. The van der Waals surface area contributed by atoms with Gasteiger partial charge in [0.2, 0.25) is 11.8 Å². The lowest BCUT2D eigenvalue weighted by Gasteiger charge is -2.22. The van der Waals surface area contributed by atoms with Crippen molar-refractivity contribution in [2.45, 2.75) is 33.0 Å². The van der Waals surface area contributed by atoms with Gasteiger partial charge in [-0.05, 0) is 19.9 Å². The van der Waals surface area contributed by atoms with Crippen LogP contribution in [-0.2, 0) is 22.7 Å². The maximum atomic E-state index is 12.5. The number of likely N-dealkylation sites (N-methyl/N-ethyl adjacent to an activating group) is 1. The minimum atomic E-state index is -0.374. The van der Waals surface area contributed by atoms with Crippen molar-refractivity contribution in [2.75, 3.05) is 13.7 Å². The monoisotopic (exact) mass is 293 g/mol. The Morgan fingerprint density at radius 3 is 3.00 bits per heavy atom. The van der Waals surface area contributed by atoms with Crippen LogP contribution in [-0.4, -0.2) is 44.4 Å². The summed E-state index contributed by atoms with van der Waals surface area (Å²) in [6.07, 6.45) is 3.41. The number of hydrogen-bond donors (Lipinski definition) is 0. The summed E-state index contributed by atoms with van der Waals surface area (Å²) in [4.78, 5) is 18.3. The Bertz CT molecular complexity index is 566. The summed E-state index contributed by atoms with van der Waals surface area (Å²) in [7, 11) is 1.56. The quantitative estimate of drug-likeness (QED) is 0.757. The van der Waals surface area contributed by atoms with Crippen molar-refractivity contribution in [3.05, 3.63) is 30.2 Å². The van der Waals surface area contributed by atoms with E-state index in [0.717, 1.165) is 0 Å². The number of amides is 1. The Balaban J connectivity index is 2.03. The molecule has 0 radical (unpaired) electrons. The number of nitrogens with zero attached hydrogens (tertiary/aromatic N) is 5. The van der Waals surface area contributed by atoms with E-state index in [0.29, 0.717) is 18.3 Å². The van der Waals surface area contributed by atoms with Gasteiger partial charge in [0.25, 0.3) is 0 Å². The zero-order chi connectivity index (χ0) is 15.2. The molecular weight excluding hydrogens is 274 g/mol. The largest absolute Gasteiger partial charge is 0.377 e. The second-order valence-corrected chi connectivity index (χ2v) is 4.55. The summed E-state index contributed by atoms with van der Waals surface area (Å²) in [5.74, 6) is 0.814. The molecule has 0 unspecified atom stereocenters. The lowest BCUT2D eigenvalue weighted by atomic mass is 10.3. The number of carbonyl (C=O) groups excluding carboxylic acids is 1. The van der Waals surface area contributed by atoms with Crippen LogP contribution in [0.1, 0.15) is 31.6 Å². The highest BCUT2D eigenvalue weighted by atomic mass is 16.5. The molecule has 2 aromatic rings. The van der Waals surface area contributed by atoms with Gasteiger partial charge in [0.1, 0.15) is 19.2 Å². The smallest absolute Gasteiger partial charge is 0.247 e. The first-order chi connectivity index (χ1) is 10.2. The molecule has 0 fully saturated rings. The van der Waals surface area contributed by atoms with E-state index in [-0.39, 0.29) is 25.1 Å². The lowest BCUT2D eigenvalue weighted by Crippen LogP contribution is -2.36. The molecule has 114 valence electrons. The Hall–Kier alpha value is -2.22. The molecule has 0 bridgehead atoms. The Morgan fingerprint density at radius 2 is 2.38 bits per heavy atom. The third-order valence-corrected chi connectivity index (χ3v) is 3.08. The van der Waals surface area contributed by atoms with Crippen LogP contribution in [0.5, 0.6) is 0 Å². The highest BCUT2D eigenvalue weighted by molar-refractivity contribution is 5.79. The van der Waals surface area contributed by atoms with Crippen LogP contribution >= 0.6 is 0 Å². The highest BCUT2D eigenvalue weighted by Gasteiger charge is 2.23. The molecule has 0 aromatic carbocycles. The summed E-state index contributed by atoms with van der Waals surface area (Å²) >= 11 is 0. The molecule has 1 atom stereocenters. The molecule has 2 rings (SSSR count). The number of aromatic nitrogens is 4. The van der Waals surface area contributed by atoms with Crippen molar-refractivity contribution < 1.29 is 14.1 Å². The summed E-state index contributed by atoms with van der Waals surface area (Å²) in [5, 5.41) is 7.87. The number of methoxy groups -OCH3 is 1. The van der Waals surface area contributed by atoms with Crippen LogP contribution in [0.3, 0.4) is 0 Å². The van der Waals surface area contributed by atoms with E-state index < -0.39 is 0 Å². The van der Waals surface area contributed by atoms with E-state index in [1.807, 2.05) is 13.8 Å². The second kappa shape index (κ2) is 6.98. The fourth-order valence-electron chi connectivity index (χ4n) is 1.94. The van der Waals surface area contributed by atoms with Gasteiger partial charge in [-0.2, -0.15) is 10.1 Å². The lowest BCUT2D eigenvalue weighted by molar-refractivity contribution is -0.135. The van der Waals surface area contributed by atoms with Gasteiger partial charge < -0.3 is 14.2 Å². The van der Waals surface area contributed by atoms with Crippen molar-refractivity contribution >= 4 is 5.91 Å². The van der Waals surface area contributed by atoms with E-state index in [2.05, 4.69) is 15.2 Å². The minimum Gasteiger partial charge on any atom is -0.377 e. The molecule has 21 heavy (non-hydrogen) atoms. The van der Waals surface area contributed by atoms with Crippen LogP contribution in [0.2, 0.25) is 0 Å². The van der Waals surface area contributed by atoms with E-state index in [4.69, 9.17) is 9.26 Å². The van der Waals surface area contributed by atoms with Gasteiger partial charge >= 0.3 is 0 Å². The van der Waals surface area contributed by atoms with Gasteiger partial charge in [-0.3, -0.25) is 9.48 Å². The van der Waals surface area contributed by atoms with E-state index in [1.165, 1.54) is 0 Å². The van der Waals surface area contributed by atoms with Gasteiger partial charge in [-0.1, -0.05) is 5.16 Å². The Labute approximate surface area is 122 Å². The van der Waals surface area contributed by atoms with E-state index >= 15 is 0 Å². The fourth-order valence-corrected chi connectivity index (χ4v) is 1.94. The molecule has 0 aliphatic heterocycles. The number of hydrogen-bond acceptors (Lipinski definition) is 6. The maximum absolute atomic E-state index is 12.5. The predicted molar refractivity (Wildman–Crippen MR) is 73.0 cm³/mol. The normalized spacial score (nSPS) is 12.3. The SMILES string of the molecule is CCN(Cc1nc(COC)no1)C(=O)[C@H](C)n1cccn1. The van der Waals surface area contributed by atoms with Crippen molar-refractivity contribution in [3.63, 3.8) is 0 Å². The molecule has 0 aliphatic rings. The first kappa shape index (κ1) is 15.2. The molecule has 0 saturated heterocycles. The van der Waals surface area contributed by atoms with Crippen LogP contribution in [0.15, 0.2) is 23.0 Å². The summed E-state index contributed by atoms with van der Waals surface area (Å²) in [6, 6.07) is 1.41. The molecule has 0 aliphatic carbocycles. The number of carbonyl (C=O) groups is 1. The molecule has 8 nitrogen and oxygen atoms in total. The van der Waals surface area contributed by atoms with Crippen LogP contribution < -0.4 is 0 Å². The molecule has 0 spiro atoms. The topological polar surface area (TPSA) is 86.3 Å². The molecule has 2 heterocycles.